The Morgan fingerprint density at radius 3 is 2.65 bits per heavy atom. The summed E-state index contributed by atoms with van der Waals surface area (Å²) in [6.45, 7) is 1.91. The van der Waals surface area contributed by atoms with Gasteiger partial charge in [-0.05, 0) is 48.9 Å². The van der Waals surface area contributed by atoms with Gasteiger partial charge in [-0.3, -0.25) is 0 Å². The Hall–Kier alpha value is -3.08. The molecule has 5 heteroatoms. The van der Waals surface area contributed by atoms with Gasteiger partial charge in [0.2, 0.25) is 0 Å². The molecule has 0 bridgehead atoms. The van der Waals surface area contributed by atoms with Gasteiger partial charge in [-0.2, -0.15) is 0 Å². The molecule has 1 N–H and O–H groups in total. The quantitative estimate of drug-likeness (QED) is 0.749. The van der Waals surface area contributed by atoms with Crippen molar-refractivity contribution >= 4 is 22.9 Å². The number of hydrogen-bond acceptors (Lipinski definition) is 5. The fourth-order valence-corrected chi connectivity index (χ4v) is 2.19. The lowest BCUT2D eigenvalue weighted by atomic mass is 10.1. The van der Waals surface area contributed by atoms with Gasteiger partial charge in [0.05, 0.1) is 7.11 Å². The molecule has 0 saturated carbocycles. The standard InChI is InChI=1S/C18H15NO4/c1-11-3-8-14-17(9-11)23-18(21)15(19-14)10-16(20)12-4-6-13(22-2)7-5-12/h3-10,20H,1-2H3. The van der Waals surface area contributed by atoms with Gasteiger partial charge in [-0.1, -0.05) is 6.07 Å². The van der Waals surface area contributed by atoms with Crippen LogP contribution in [0.3, 0.4) is 0 Å². The second-order valence-corrected chi connectivity index (χ2v) is 5.12. The molecule has 23 heavy (non-hydrogen) atoms. The number of methoxy groups -OCH3 is 1. The molecule has 0 saturated heterocycles. The summed E-state index contributed by atoms with van der Waals surface area (Å²) in [6.07, 6.45) is 1.30. The normalized spacial score (nSPS) is 11.7. The van der Waals surface area contributed by atoms with E-state index in [9.17, 15) is 9.90 Å². The zero-order valence-corrected chi connectivity index (χ0v) is 12.7. The first kappa shape index (κ1) is 14.8. The van der Waals surface area contributed by atoms with Gasteiger partial charge in [0.15, 0.2) is 11.3 Å². The molecule has 0 spiro atoms. The summed E-state index contributed by atoms with van der Waals surface area (Å²) in [7, 11) is 1.57. The van der Waals surface area contributed by atoms with Crippen LogP contribution >= 0.6 is 0 Å². The third kappa shape index (κ3) is 3.08. The number of aryl methyl sites for hydroxylation is 1. The van der Waals surface area contributed by atoms with Crippen LogP contribution < -0.4 is 10.4 Å². The van der Waals surface area contributed by atoms with Gasteiger partial charge in [0.1, 0.15) is 17.0 Å². The Balaban J connectivity index is 2.03. The van der Waals surface area contributed by atoms with E-state index in [1.807, 2.05) is 13.0 Å². The van der Waals surface area contributed by atoms with Crippen molar-refractivity contribution in [3.05, 3.63) is 69.7 Å². The average molecular weight is 309 g/mol. The van der Waals surface area contributed by atoms with E-state index in [0.717, 1.165) is 5.56 Å². The summed E-state index contributed by atoms with van der Waals surface area (Å²) < 4.78 is 10.3. The summed E-state index contributed by atoms with van der Waals surface area (Å²) >= 11 is 0. The third-order valence-electron chi connectivity index (χ3n) is 3.43. The molecular formula is C18H15NO4. The number of aliphatic hydroxyl groups excluding tert-OH is 1. The highest BCUT2D eigenvalue weighted by Crippen LogP contribution is 2.19. The van der Waals surface area contributed by atoms with E-state index in [1.54, 1.807) is 43.5 Å². The van der Waals surface area contributed by atoms with E-state index in [1.165, 1.54) is 6.08 Å². The fraction of sp³-hybridized carbons (Fsp3) is 0.111. The number of fused-ring (bicyclic) bond motifs is 1. The second-order valence-electron chi connectivity index (χ2n) is 5.12. The monoisotopic (exact) mass is 309 g/mol. The van der Waals surface area contributed by atoms with Gasteiger partial charge >= 0.3 is 5.63 Å². The highest BCUT2D eigenvalue weighted by atomic mass is 16.5. The molecule has 1 aromatic heterocycles. The third-order valence-corrected chi connectivity index (χ3v) is 3.43. The molecule has 0 aliphatic rings. The minimum absolute atomic E-state index is 0.0506. The predicted molar refractivity (Wildman–Crippen MR) is 88.5 cm³/mol. The molecule has 116 valence electrons. The molecule has 0 amide bonds. The number of aromatic nitrogens is 1. The number of rotatable bonds is 3. The zero-order valence-electron chi connectivity index (χ0n) is 12.7. The predicted octanol–water partition coefficient (Wildman–Crippen LogP) is 3.56. The summed E-state index contributed by atoms with van der Waals surface area (Å²) in [5.41, 5.74) is 1.97. The van der Waals surface area contributed by atoms with E-state index in [-0.39, 0.29) is 11.5 Å². The average Bonchev–Trinajstić information content (AvgIpc) is 2.55. The maximum atomic E-state index is 12.0. The second kappa shape index (κ2) is 5.96. The number of aliphatic hydroxyl groups is 1. The van der Waals surface area contributed by atoms with Crippen LogP contribution in [-0.2, 0) is 0 Å². The Morgan fingerprint density at radius 2 is 1.96 bits per heavy atom. The first-order chi connectivity index (χ1) is 11.1. The molecule has 1 heterocycles. The molecule has 0 fully saturated rings. The first-order valence-electron chi connectivity index (χ1n) is 7.03. The Morgan fingerprint density at radius 1 is 1.22 bits per heavy atom. The summed E-state index contributed by atoms with van der Waals surface area (Å²) in [6, 6.07) is 12.2. The first-order valence-corrected chi connectivity index (χ1v) is 7.03. The van der Waals surface area contributed by atoms with Crippen LogP contribution in [0.15, 0.2) is 51.7 Å². The zero-order chi connectivity index (χ0) is 16.4. The molecule has 2 aromatic carbocycles. The van der Waals surface area contributed by atoms with Crippen molar-refractivity contribution in [1.82, 2.24) is 4.98 Å². The largest absolute Gasteiger partial charge is 0.507 e. The van der Waals surface area contributed by atoms with Crippen molar-refractivity contribution in [2.75, 3.05) is 7.11 Å². The van der Waals surface area contributed by atoms with E-state index in [0.29, 0.717) is 22.4 Å². The van der Waals surface area contributed by atoms with E-state index >= 15 is 0 Å². The fourth-order valence-electron chi connectivity index (χ4n) is 2.19. The molecule has 0 aliphatic carbocycles. The molecule has 3 aromatic rings. The van der Waals surface area contributed by atoms with Crippen molar-refractivity contribution in [2.24, 2.45) is 0 Å². The molecule has 0 aliphatic heterocycles. The Bertz CT molecular complexity index is 939. The molecule has 3 rings (SSSR count). The van der Waals surface area contributed by atoms with Crippen LogP contribution in [0.5, 0.6) is 5.75 Å². The number of benzene rings is 2. The smallest absolute Gasteiger partial charge is 0.362 e. The minimum Gasteiger partial charge on any atom is -0.507 e. The lowest BCUT2D eigenvalue weighted by Gasteiger charge is -2.03. The number of hydrogen-bond donors (Lipinski definition) is 1. The van der Waals surface area contributed by atoms with Crippen molar-refractivity contribution < 1.29 is 14.3 Å². The Labute approximate surface area is 132 Å². The summed E-state index contributed by atoms with van der Waals surface area (Å²) in [4.78, 5) is 16.3. The van der Waals surface area contributed by atoms with Crippen LogP contribution in [0.2, 0.25) is 0 Å². The Kier molecular flexibility index (Phi) is 3.85. The summed E-state index contributed by atoms with van der Waals surface area (Å²) in [5.74, 6) is 0.610. The molecule has 0 radical (unpaired) electrons. The van der Waals surface area contributed by atoms with Crippen LogP contribution in [0.25, 0.3) is 22.9 Å². The van der Waals surface area contributed by atoms with Gasteiger partial charge in [-0.25, -0.2) is 9.78 Å². The molecule has 5 nitrogen and oxygen atoms in total. The van der Waals surface area contributed by atoms with Gasteiger partial charge < -0.3 is 14.3 Å². The number of ether oxygens (including phenoxy) is 1. The van der Waals surface area contributed by atoms with Crippen LogP contribution in [0.1, 0.15) is 16.8 Å². The maximum absolute atomic E-state index is 12.0. The summed E-state index contributed by atoms with van der Waals surface area (Å²) in [5, 5.41) is 10.2. The lowest BCUT2D eigenvalue weighted by Crippen LogP contribution is -2.06. The highest BCUT2D eigenvalue weighted by Gasteiger charge is 2.08. The van der Waals surface area contributed by atoms with Crippen LogP contribution in [-0.4, -0.2) is 17.2 Å². The van der Waals surface area contributed by atoms with Gasteiger partial charge in [-0.15, -0.1) is 0 Å². The van der Waals surface area contributed by atoms with E-state index < -0.39 is 5.63 Å². The van der Waals surface area contributed by atoms with Gasteiger partial charge in [0, 0.05) is 11.6 Å². The van der Waals surface area contributed by atoms with Crippen molar-refractivity contribution in [3.63, 3.8) is 0 Å². The SMILES string of the molecule is COc1ccc(C(O)=Cc2nc3ccc(C)cc3oc2=O)cc1. The van der Waals surface area contributed by atoms with Crippen LogP contribution in [0, 0.1) is 6.92 Å². The molecule has 0 unspecified atom stereocenters. The van der Waals surface area contributed by atoms with Crippen molar-refractivity contribution in [1.29, 1.82) is 0 Å². The van der Waals surface area contributed by atoms with Crippen LogP contribution in [0.4, 0.5) is 0 Å². The van der Waals surface area contributed by atoms with Crippen molar-refractivity contribution in [3.8, 4) is 5.75 Å². The van der Waals surface area contributed by atoms with Crippen molar-refractivity contribution in [2.45, 2.75) is 6.92 Å². The van der Waals surface area contributed by atoms with E-state index in [4.69, 9.17) is 9.15 Å². The van der Waals surface area contributed by atoms with Gasteiger partial charge in [0.25, 0.3) is 0 Å². The minimum atomic E-state index is -0.594. The number of nitrogens with zero attached hydrogens (tertiary/aromatic N) is 1. The highest BCUT2D eigenvalue weighted by molar-refractivity contribution is 5.78. The van der Waals surface area contributed by atoms with E-state index in [2.05, 4.69) is 4.98 Å². The maximum Gasteiger partial charge on any atom is 0.362 e. The molecule has 0 atom stereocenters. The topological polar surface area (TPSA) is 72.6 Å². The lowest BCUT2D eigenvalue weighted by molar-refractivity contribution is 0.414. The molecular weight excluding hydrogens is 294 g/mol.